The maximum absolute atomic E-state index is 14.2. The van der Waals surface area contributed by atoms with Crippen molar-refractivity contribution in [1.82, 2.24) is 15.2 Å². The van der Waals surface area contributed by atoms with E-state index in [9.17, 15) is 22.8 Å². The van der Waals surface area contributed by atoms with E-state index in [-0.39, 0.29) is 25.3 Å². The highest BCUT2D eigenvalue weighted by Gasteiger charge is 2.40. The molecule has 1 saturated heterocycles. The number of hydrogen-bond donors (Lipinski definition) is 2. The fourth-order valence-electron chi connectivity index (χ4n) is 3.79. The lowest BCUT2D eigenvalue weighted by Crippen LogP contribution is -2.49. The summed E-state index contributed by atoms with van der Waals surface area (Å²) < 4.78 is 45.3. The van der Waals surface area contributed by atoms with E-state index in [4.69, 9.17) is 21.4 Å². The number of hydrogen-bond acceptors (Lipinski definition) is 9. The van der Waals surface area contributed by atoms with Gasteiger partial charge in [0.1, 0.15) is 12.1 Å². The maximum Gasteiger partial charge on any atom is 0.337 e. The molecule has 8 nitrogen and oxygen atoms in total. The van der Waals surface area contributed by atoms with Gasteiger partial charge in [-0.1, -0.05) is 23.7 Å². The van der Waals surface area contributed by atoms with Crippen LogP contribution in [0.5, 0.6) is 0 Å². The highest BCUT2D eigenvalue weighted by Crippen LogP contribution is 2.31. The third-order valence-electron chi connectivity index (χ3n) is 5.23. The number of allylic oxidation sites excluding steroid dienone is 1. The number of piperidine rings is 1. The number of aromatic nitrogens is 1. The number of aldehydes is 1. The Morgan fingerprint density at radius 2 is 2.16 bits per heavy atom. The van der Waals surface area contributed by atoms with Crippen molar-refractivity contribution in [1.29, 1.82) is 0 Å². The first kappa shape index (κ1) is 31.2. The summed E-state index contributed by atoms with van der Waals surface area (Å²) in [6.07, 6.45) is 4.65. The average molecular weight is 573 g/mol. The summed E-state index contributed by atoms with van der Waals surface area (Å²) in [5, 5.41) is 13.0. The third kappa shape index (κ3) is 9.67. The topological polar surface area (TPSA) is 104 Å². The van der Waals surface area contributed by atoms with Crippen molar-refractivity contribution < 1.29 is 32.6 Å². The van der Waals surface area contributed by atoms with Crippen LogP contribution < -0.4 is 5.32 Å². The molecule has 2 aliphatic heterocycles. The smallest absolute Gasteiger partial charge is 0.337 e. The largest absolute Gasteiger partial charge is 0.466 e. The van der Waals surface area contributed by atoms with Crippen molar-refractivity contribution in [3.63, 3.8) is 0 Å². The van der Waals surface area contributed by atoms with Crippen LogP contribution in [0.4, 0.5) is 13.2 Å². The molecule has 1 atom stereocenters. The number of nitrogens with one attached hydrogen (secondary N) is 1. The molecule has 13 heteroatoms. The predicted molar refractivity (Wildman–Crippen MR) is 140 cm³/mol. The summed E-state index contributed by atoms with van der Waals surface area (Å²) >= 11 is 6.79. The van der Waals surface area contributed by atoms with Crippen molar-refractivity contribution in [3.8, 4) is 0 Å². The quantitative estimate of drug-likeness (QED) is 0.309. The van der Waals surface area contributed by atoms with E-state index < -0.39 is 24.4 Å². The van der Waals surface area contributed by atoms with Gasteiger partial charge >= 0.3 is 5.97 Å². The minimum atomic E-state index is -2.89. The second-order valence-corrected chi connectivity index (χ2v) is 9.36. The van der Waals surface area contributed by atoms with Gasteiger partial charge in [0.2, 0.25) is 0 Å². The van der Waals surface area contributed by atoms with Gasteiger partial charge in [-0.3, -0.25) is 14.7 Å². The van der Waals surface area contributed by atoms with E-state index in [2.05, 4.69) is 15.3 Å². The van der Waals surface area contributed by atoms with Crippen LogP contribution >= 0.6 is 22.9 Å². The zero-order chi connectivity index (χ0) is 28.1. The number of esters is 1. The summed E-state index contributed by atoms with van der Waals surface area (Å²) in [5.74, 6) is -3.68. The number of ether oxygens (including phenoxy) is 1. The third-order valence-corrected chi connectivity index (χ3v) is 6.25. The first-order chi connectivity index (χ1) is 18.2. The molecule has 0 bridgehead atoms. The van der Waals surface area contributed by atoms with Crippen LogP contribution in [0.2, 0.25) is 5.02 Å². The fraction of sp³-hybridized carbons (Fsp3) is 0.360. The van der Waals surface area contributed by atoms with Gasteiger partial charge in [-0.25, -0.2) is 22.9 Å². The molecule has 38 heavy (non-hydrogen) atoms. The molecule has 1 fully saturated rings. The monoisotopic (exact) mass is 572 g/mol. The van der Waals surface area contributed by atoms with Crippen molar-refractivity contribution in [3.05, 3.63) is 75.1 Å². The lowest BCUT2D eigenvalue weighted by Gasteiger charge is -2.37. The highest BCUT2D eigenvalue weighted by molar-refractivity contribution is 7.11. The molecule has 0 saturated carbocycles. The fourth-order valence-corrected chi connectivity index (χ4v) is 4.57. The van der Waals surface area contributed by atoms with Crippen molar-refractivity contribution in [2.75, 3.05) is 40.4 Å². The van der Waals surface area contributed by atoms with Gasteiger partial charge in [0.15, 0.2) is 10.8 Å². The lowest BCUT2D eigenvalue weighted by molar-refractivity contribution is -0.136. The van der Waals surface area contributed by atoms with E-state index in [1.165, 1.54) is 42.7 Å². The molecule has 0 radical (unpaired) electrons. The summed E-state index contributed by atoms with van der Waals surface area (Å²) in [4.78, 5) is 32.7. The molecule has 2 aromatic rings. The van der Waals surface area contributed by atoms with Gasteiger partial charge in [-0.2, -0.15) is 0 Å². The Balaban J connectivity index is 0.000000428. The predicted octanol–water partition coefficient (Wildman–Crippen LogP) is 3.72. The molecule has 3 heterocycles. The minimum Gasteiger partial charge on any atom is -0.466 e. The second kappa shape index (κ2) is 15.4. The van der Waals surface area contributed by atoms with Crippen LogP contribution in [-0.4, -0.2) is 79.4 Å². The average Bonchev–Trinajstić information content (AvgIpc) is 3.43. The summed E-state index contributed by atoms with van der Waals surface area (Å²) in [6, 6.07) is 5.82. The summed E-state index contributed by atoms with van der Waals surface area (Å²) in [7, 11) is 2.27. The maximum atomic E-state index is 14.2. The van der Waals surface area contributed by atoms with Crippen molar-refractivity contribution >= 4 is 41.0 Å². The Kier molecular flexibility index (Phi) is 12.6. The van der Waals surface area contributed by atoms with Gasteiger partial charge in [0.25, 0.3) is 5.92 Å². The number of likely N-dealkylation sites (tertiary alicyclic amines) is 1. The molecule has 0 aliphatic carbocycles. The molecule has 2 aliphatic rings. The van der Waals surface area contributed by atoms with E-state index in [1.807, 2.05) is 0 Å². The van der Waals surface area contributed by atoms with Gasteiger partial charge in [-0.15, -0.1) is 11.3 Å². The number of halogens is 4. The molecule has 0 spiro atoms. The summed E-state index contributed by atoms with van der Waals surface area (Å²) in [5.41, 5.74) is 0.777. The number of carbonyl (C=O) groups is 2. The van der Waals surface area contributed by atoms with Crippen molar-refractivity contribution in [2.24, 2.45) is 10.9 Å². The number of rotatable bonds is 6. The molecular weight excluding hydrogens is 545 g/mol. The minimum absolute atomic E-state index is 0.0859. The van der Waals surface area contributed by atoms with Gasteiger partial charge in [0, 0.05) is 48.9 Å². The van der Waals surface area contributed by atoms with Crippen LogP contribution in [-0.2, 0) is 14.3 Å². The molecule has 1 aromatic heterocycles. The van der Waals surface area contributed by atoms with Gasteiger partial charge < -0.3 is 15.2 Å². The Morgan fingerprint density at radius 1 is 1.39 bits per heavy atom. The van der Waals surface area contributed by atoms with Crippen LogP contribution in [0.15, 0.2) is 64.3 Å². The highest BCUT2D eigenvalue weighted by atomic mass is 35.5. The van der Waals surface area contributed by atoms with E-state index in [0.717, 1.165) is 7.11 Å². The first-order valence-corrected chi connectivity index (χ1v) is 12.6. The Bertz CT molecular complexity index is 1140. The Hall–Kier alpha value is -3.06. The standard InChI is InChI=1S/C18H20F2N4O3S.C6H4ClF.CH4O/c1-27-17(26)13-8-22-15(16-21-4-6-28-16)23-14(13)10-24-9-12(3-2-5-25)7-18(19,20)11-24;7-5-2-1-3-6(8)4-5;1-2/h2-6,12H,7-11H2,1H3,(H,22,23);1-4H;2H,1H3/b3-2+;;/t12-;;/m0../s1. The first-order valence-electron chi connectivity index (χ1n) is 11.3. The van der Waals surface area contributed by atoms with Crippen LogP contribution in [0.25, 0.3) is 0 Å². The molecule has 0 amide bonds. The number of nitrogens with zero attached hydrogens (tertiary/aromatic N) is 3. The number of benzene rings is 1. The second-order valence-electron chi connectivity index (χ2n) is 8.03. The number of methoxy groups -OCH3 is 1. The van der Waals surface area contributed by atoms with Crippen LogP contribution in [0, 0.1) is 11.7 Å². The van der Waals surface area contributed by atoms with Crippen molar-refractivity contribution in [2.45, 2.75) is 12.3 Å². The zero-order valence-corrected chi connectivity index (χ0v) is 22.3. The van der Waals surface area contributed by atoms with E-state index in [1.54, 1.807) is 28.6 Å². The number of amidine groups is 1. The molecule has 206 valence electrons. The van der Waals surface area contributed by atoms with Crippen LogP contribution in [0.3, 0.4) is 0 Å². The number of aliphatic imine (C=N–C) groups is 1. The molecule has 1 aromatic carbocycles. The van der Waals surface area contributed by atoms with E-state index in [0.29, 0.717) is 40.0 Å². The number of thiazole rings is 1. The molecule has 0 unspecified atom stereocenters. The van der Waals surface area contributed by atoms with E-state index >= 15 is 0 Å². The number of carbonyl (C=O) groups excluding carboxylic acids is 2. The molecule has 2 N–H and O–H groups in total. The molecular formula is C25H28ClF3N4O4S. The van der Waals surface area contributed by atoms with Gasteiger partial charge in [-0.05, 0) is 30.2 Å². The SMILES string of the molecule is CO.COC(=O)C1=C(CN2C[C@@H](/C=C/C=O)CC(F)(F)C2)NC(c2nccs2)=NC1.Fc1cccc(Cl)c1. The number of aliphatic hydroxyl groups is 1. The zero-order valence-electron chi connectivity index (χ0n) is 20.7. The Labute approximate surface area is 227 Å². The lowest BCUT2D eigenvalue weighted by atomic mass is 9.94. The Morgan fingerprint density at radius 3 is 2.74 bits per heavy atom. The normalized spacial score (nSPS) is 18.8. The molecule has 4 rings (SSSR count). The summed E-state index contributed by atoms with van der Waals surface area (Å²) in [6.45, 7) is 0.115. The van der Waals surface area contributed by atoms with Crippen LogP contribution in [0.1, 0.15) is 11.4 Å². The number of aliphatic hydroxyl groups excluding tert-OH is 1. The van der Waals surface area contributed by atoms with Gasteiger partial charge in [0.05, 0.1) is 25.8 Å². The number of alkyl halides is 2.